The zero-order chi connectivity index (χ0) is 9.23. The quantitative estimate of drug-likeness (QED) is 0.595. The van der Waals surface area contributed by atoms with Gasteiger partial charge in [-0.2, -0.15) is 5.26 Å². The summed E-state index contributed by atoms with van der Waals surface area (Å²) in [6.45, 7) is 2.17. The highest BCUT2D eigenvalue weighted by atomic mass is 16.3. The fourth-order valence-electron chi connectivity index (χ4n) is 1.18. The van der Waals surface area contributed by atoms with E-state index < -0.39 is 0 Å². The molecule has 0 spiro atoms. The van der Waals surface area contributed by atoms with Crippen molar-refractivity contribution in [2.75, 3.05) is 0 Å². The number of hydrogen-bond donors (Lipinski definition) is 1. The highest BCUT2D eigenvalue weighted by Gasteiger charge is 2.02. The smallest absolute Gasteiger partial charge is 0.0622 e. The van der Waals surface area contributed by atoms with Crippen molar-refractivity contribution in [3.8, 4) is 6.07 Å². The molecule has 12 heavy (non-hydrogen) atoms. The summed E-state index contributed by atoms with van der Waals surface area (Å²) in [4.78, 5) is 0. The normalized spacial score (nSPS) is 12.4. The van der Waals surface area contributed by atoms with Crippen molar-refractivity contribution >= 4 is 0 Å². The van der Waals surface area contributed by atoms with Crippen LogP contribution in [0.5, 0.6) is 0 Å². The number of nitriles is 1. The summed E-state index contributed by atoms with van der Waals surface area (Å²) in [5, 5.41) is 17.6. The Morgan fingerprint density at radius 2 is 2.00 bits per heavy atom. The molecule has 0 saturated heterocycles. The van der Waals surface area contributed by atoms with Crippen LogP contribution < -0.4 is 0 Å². The summed E-state index contributed by atoms with van der Waals surface area (Å²) in [5.41, 5.74) is 0. The van der Waals surface area contributed by atoms with Crippen LogP contribution in [0.25, 0.3) is 0 Å². The number of hydrogen-bond acceptors (Lipinski definition) is 2. The molecule has 1 unspecified atom stereocenters. The van der Waals surface area contributed by atoms with Gasteiger partial charge in [0.1, 0.15) is 0 Å². The molecule has 2 heteroatoms. The van der Waals surface area contributed by atoms with Gasteiger partial charge < -0.3 is 5.11 Å². The molecule has 1 atom stereocenters. The molecule has 0 aromatic heterocycles. The predicted molar refractivity (Wildman–Crippen MR) is 49.6 cm³/mol. The monoisotopic (exact) mass is 169 g/mol. The number of aliphatic hydroxyl groups is 1. The predicted octanol–water partition coefficient (Wildman–Crippen LogP) is 2.62. The van der Waals surface area contributed by atoms with Crippen LogP contribution in [0.15, 0.2) is 0 Å². The lowest BCUT2D eigenvalue weighted by Crippen LogP contribution is -2.05. The molecule has 0 radical (unpaired) electrons. The van der Waals surface area contributed by atoms with E-state index in [2.05, 4.69) is 6.92 Å². The topological polar surface area (TPSA) is 44.0 Å². The zero-order valence-corrected chi connectivity index (χ0v) is 7.92. The summed E-state index contributed by atoms with van der Waals surface area (Å²) >= 11 is 0. The second-order valence-electron chi connectivity index (χ2n) is 3.20. The summed E-state index contributed by atoms with van der Waals surface area (Å²) < 4.78 is 0. The van der Waals surface area contributed by atoms with Gasteiger partial charge in [0.25, 0.3) is 0 Å². The SMILES string of the molecule is CCCCCCC(O)CCC#N. The Morgan fingerprint density at radius 3 is 2.58 bits per heavy atom. The van der Waals surface area contributed by atoms with Gasteiger partial charge in [0.2, 0.25) is 0 Å². The van der Waals surface area contributed by atoms with Gasteiger partial charge >= 0.3 is 0 Å². The summed E-state index contributed by atoms with van der Waals surface area (Å²) in [5.74, 6) is 0. The van der Waals surface area contributed by atoms with Crippen molar-refractivity contribution in [3.63, 3.8) is 0 Å². The van der Waals surface area contributed by atoms with Gasteiger partial charge in [-0.05, 0) is 12.8 Å². The van der Waals surface area contributed by atoms with Crippen molar-refractivity contribution in [3.05, 3.63) is 0 Å². The molecule has 0 heterocycles. The molecule has 0 saturated carbocycles. The number of unbranched alkanes of at least 4 members (excludes halogenated alkanes) is 3. The minimum atomic E-state index is -0.249. The molecular weight excluding hydrogens is 150 g/mol. The van der Waals surface area contributed by atoms with E-state index in [4.69, 9.17) is 5.26 Å². The fourth-order valence-corrected chi connectivity index (χ4v) is 1.18. The molecule has 0 aliphatic carbocycles. The third-order valence-electron chi connectivity index (χ3n) is 1.98. The third kappa shape index (κ3) is 7.56. The van der Waals surface area contributed by atoms with E-state index in [1.807, 2.05) is 6.07 Å². The fraction of sp³-hybridized carbons (Fsp3) is 0.900. The molecular formula is C10H19NO. The van der Waals surface area contributed by atoms with Crippen LogP contribution >= 0.6 is 0 Å². The minimum absolute atomic E-state index is 0.249. The van der Waals surface area contributed by atoms with Crippen molar-refractivity contribution < 1.29 is 5.11 Å². The van der Waals surface area contributed by atoms with Crippen molar-refractivity contribution in [1.29, 1.82) is 5.26 Å². The Bertz CT molecular complexity index is 128. The van der Waals surface area contributed by atoms with Gasteiger partial charge in [-0.15, -0.1) is 0 Å². The van der Waals surface area contributed by atoms with Crippen LogP contribution in [-0.2, 0) is 0 Å². The molecule has 0 aliphatic rings. The van der Waals surface area contributed by atoms with Crippen LogP contribution in [0.4, 0.5) is 0 Å². The first-order valence-electron chi connectivity index (χ1n) is 4.86. The maximum absolute atomic E-state index is 9.33. The van der Waals surface area contributed by atoms with Gasteiger partial charge in [-0.25, -0.2) is 0 Å². The molecule has 1 N–H and O–H groups in total. The van der Waals surface area contributed by atoms with Gasteiger partial charge in [-0.1, -0.05) is 32.6 Å². The molecule has 0 aromatic carbocycles. The van der Waals surface area contributed by atoms with E-state index in [-0.39, 0.29) is 6.10 Å². The first kappa shape index (κ1) is 11.4. The zero-order valence-electron chi connectivity index (χ0n) is 7.92. The van der Waals surface area contributed by atoms with E-state index in [9.17, 15) is 5.11 Å². The van der Waals surface area contributed by atoms with E-state index in [1.165, 1.54) is 19.3 Å². The van der Waals surface area contributed by atoms with Crippen molar-refractivity contribution in [2.24, 2.45) is 0 Å². The Balaban J connectivity index is 3.09. The Hall–Kier alpha value is -0.550. The van der Waals surface area contributed by atoms with Gasteiger partial charge in [0, 0.05) is 6.42 Å². The molecule has 0 bridgehead atoms. The third-order valence-corrected chi connectivity index (χ3v) is 1.98. The lowest BCUT2D eigenvalue weighted by Gasteiger charge is -2.06. The lowest BCUT2D eigenvalue weighted by molar-refractivity contribution is 0.152. The first-order valence-corrected chi connectivity index (χ1v) is 4.86. The second-order valence-corrected chi connectivity index (χ2v) is 3.20. The van der Waals surface area contributed by atoms with Gasteiger partial charge in [0.15, 0.2) is 0 Å². The Kier molecular flexibility index (Phi) is 8.15. The molecule has 0 amide bonds. The number of nitrogens with zero attached hydrogens (tertiary/aromatic N) is 1. The van der Waals surface area contributed by atoms with E-state index in [0.29, 0.717) is 12.8 Å². The molecule has 0 aromatic rings. The maximum Gasteiger partial charge on any atom is 0.0622 e. The molecule has 0 aliphatic heterocycles. The summed E-state index contributed by atoms with van der Waals surface area (Å²) in [6, 6.07) is 2.04. The van der Waals surface area contributed by atoms with Crippen LogP contribution in [0.1, 0.15) is 51.9 Å². The lowest BCUT2D eigenvalue weighted by atomic mass is 10.1. The largest absolute Gasteiger partial charge is 0.393 e. The van der Waals surface area contributed by atoms with Gasteiger partial charge in [-0.3, -0.25) is 0 Å². The molecule has 0 fully saturated rings. The van der Waals surface area contributed by atoms with E-state index in [1.54, 1.807) is 0 Å². The highest BCUT2D eigenvalue weighted by Crippen LogP contribution is 2.08. The average Bonchev–Trinajstić information content (AvgIpc) is 2.09. The Labute approximate surface area is 75.2 Å². The first-order chi connectivity index (χ1) is 5.81. The van der Waals surface area contributed by atoms with Crippen molar-refractivity contribution in [1.82, 2.24) is 0 Å². The van der Waals surface area contributed by atoms with Crippen LogP contribution in [0, 0.1) is 11.3 Å². The number of rotatable bonds is 7. The van der Waals surface area contributed by atoms with E-state index >= 15 is 0 Å². The van der Waals surface area contributed by atoms with Crippen molar-refractivity contribution in [2.45, 2.75) is 58.0 Å². The maximum atomic E-state index is 9.33. The second kappa shape index (κ2) is 8.55. The van der Waals surface area contributed by atoms with E-state index in [0.717, 1.165) is 12.8 Å². The average molecular weight is 169 g/mol. The molecule has 0 rings (SSSR count). The summed E-state index contributed by atoms with van der Waals surface area (Å²) in [7, 11) is 0. The van der Waals surface area contributed by atoms with Crippen LogP contribution in [0.2, 0.25) is 0 Å². The summed E-state index contributed by atoms with van der Waals surface area (Å²) in [6.07, 6.45) is 6.53. The van der Waals surface area contributed by atoms with Crippen LogP contribution in [-0.4, -0.2) is 11.2 Å². The number of aliphatic hydroxyl groups excluding tert-OH is 1. The van der Waals surface area contributed by atoms with Gasteiger partial charge in [0.05, 0.1) is 12.2 Å². The Morgan fingerprint density at radius 1 is 1.25 bits per heavy atom. The highest BCUT2D eigenvalue weighted by molar-refractivity contribution is 4.71. The molecule has 70 valence electrons. The minimum Gasteiger partial charge on any atom is -0.393 e. The molecule has 2 nitrogen and oxygen atoms in total. The standard InChI is InChI=1S/C10H19NO/c1-2-3-4-5-7-10(12)8-6-9-11/h10,12H,2-8H2,1H3. The van der Waals surface area contributed by atoms with Crippen LogP contribution in [0.3, 0.4) is 0 Å².